The molecule has 0 unspecified atom stereocenters. The van der Waals surface area contributed by atoms with E-state index in [1.54, 1.807) is 41.3 Å². The molecule has 136 valence electrons. The van der Waals surface area contributed by atoms with Crippen molar-refractivity contribution in [1.82, 2.24) is 4.90 Å². The largest absolute Gasteiger partial charge is 0.452 e. The van der Waals surface area contributed by atoms with Gasteiger partial charge in [-0.05, 0) is 55.7 Å². The van der Waals surface area contributed by atoms with Gasteiger partial charge in [-0.2, -0.15) is 0 Å². The number of nitrogens with zero attached hydrogens (tertiary/aromatic N) is 1. The smallest absolute Gasteiger partial charge is 0.340 e. The predicted molar refractivity (Wildman–Crippen MR) is 96.8 cm³/mol. The van der Waals surface area contributed by atoms with Crippen LogP contribution in [0.2, 0.25) is 0 Å². The van der Waals surface area contributed by atoms with E-state index in [1.165, 1.54) is 12.1 Å². The zero-order valence-corrected chi connectivity index (χ0v) is 14.4. The summed E-state index contributed by atoms with van der Waals surface area (Å²) in [4.78, 5) is 26.3. The second kappa shape index (κ2) is 8.47. The fraction of sp³-hybridized carbons (Fsp3) is 0.300. The highest BCUT2D eigenvalue weighted by Crippen LogP contribution is 2.22. The Morgan fingerprint density at radius 3 is 2.42 bits per heavy atom. The molecule has 1 saturated heterocycles. The van der Waals surface area contributed by atoms with Crippen molar-refractivity contribution in [3.05, 3.63) is 59.9 Å². The molecule has 1 fully saturated rings. The van der Waals surface area contributed by atoms with E-state index in [1.807, 2.05) is 0 Å². The molecule has 0 aliphatic carbocycles. The van der Waals surface area contributed by atoms with E-state index in [2.05, 4.69) is 5.32 Å². The summed E-state index contributed by atoms with van der Waals surface area (Å²) < 4.78 is 18.2. The summed E-state index contributed by atoms with van der Waals surface area (Å²) in [6.07, 6.45) is 3.11. The summed E-state index contributed by atoms with van der Waals surface area (Å²) in [6.45, 7) is 1.18. The molecule has 1 aliphatic rings. The summed E-state index contributed by atoms with van der Waals surface area (Å²) in [6, 6.07) is 12.7. The van der Waals surface area contributed by atoms with E-state index in [0.717, 1.165) is 32.4 Å². The maximum atomic E-state index is 13.0. The van der Waals surface area contributed by atoms with E-state index in [9.17, 15) is 14.0 Å². The van der Waals surface area contributed by atoms with Crippen molar-refractivity contribution in [2.24, 2.45) is 0 Å². The molecular weight excluding hydrogens is 335 g/mol. The van der Waals surface area contributed by atoms with Crippen LogP contribution in [0, 0.1) is 5.82 Å². The third kappa shape index (κ3) is 4.59. The summed E-state index contributed by atoms with van der Waals surface area (Å²) in [5.74, 6) is -1.07. The summed E-state index contributed by atoms with van der Waals surface area (Å²) in [7, 11) is 0. The molecule has 0 atom stereocenters. The van der Waals surface area contributed by atoms with Gasteiger partial charge in [0.15, 0.2) is 6.61 Å². The van der Waals surface area contributed by atoms with E-state index in [0.29, 0.717) is 16.9 Å². The van der Waals surface area contributed by atoms with Crippen molar-refractivity contribution in [3.8, 4) is 0 Å². The van der Waals surface area contributed by atoms with Crippen LogP contribution in [-0.4, -0.2) is 36.5 Å². The van der Waals surface area contributed by atoms with Crippen LogP contribution < -0.4 is 5.32 Å². The van der Waals surface area contributed by atoms with Gasteiger partial charge in [-0.15, -0.1) is 0 Å². The molecule has 0 radical (unpaired) electrons. The van der Waals surface area contributed by atoms with Gasteiger partial charge in [0.05, 0.1) is 11.3 Å². The Morgan fingerprint density at radius 1 is 1.00 bits per heavy atom. The lowest BCUT2D eigenvalue weighted by molar-refractivity contribution is -0.135. The van der Waals surface area contributed by atoms with Gasteiger partial charge in [0, 0.05) is 18.8 Å². The standard InChI is InChI=1S/C20H21FN2O3/c21-15-8-10-16(11-9-15)22-18-7-3-2-6-17(18)20(25)26-14-19(24)23-12-4-1-5-13-23/h2-3,6-11,22H,1,4-5,12-14H2. The minimum absolute atomic E-state index is 0.165. The van der Waals surface area contributed by atoms with Crippen molar-refractivity contribution in [2.75, 3.05) is 25.0 Å². The zero-order valence-electron chi connectivity index (χ0n) is 14.4. The summed E-state index contributed by atoms with van der Waals surface area (Å²) in [5.41, 5.74) is 1.51. The molecular formula is C20H21FN2O3. The van der Waals surface area contributed by atoms with Crippen molar-refractivity contribution in [1.29, 1.82) is 0 Å². The lowest BCUT2D eigenvalue weighted by Crippen LogP contribution is -2.38. The Hall–Kier alpha value is -2.89. The monoisotopic (exact) mass is 356 g/mol. The number of likely N-dealkylation sites (tertiary alicyclic amines) is 1. The molecule has 2 aromatic carbocycles. The van der Waals surface area contributed by atoms with Crippen LogP contribution in [0.1, 0.15) is 29.6 Å². The molecule has 2 aromatic rings. The Bertz CT molecular complexity index is 771. The number of anilines is 2. The SMILES string of the molecule is O=C(OCC(=O)N1CCCCC1)c1ccccc1Nc1ccc(F)cc1. The first-order valence-corrected chi connectivity index (χ1v) is 8.70. The molecule has 1 amide bonds. The third-order valence-electron chi connectivity index (χ3n) is 4.31. The molecule has 0 saturated carbocycles. The van der Waals surface area contributed by atoms with Gasteiger partial charge in [0.1, 0.15) is 5.82 Å². The van der Waals surface area contributed by atoms with Gasteiger partial charge in [0.2, 0.25) is 0 Å². The third-order valence-corrected chi connectivity index (χ3v) is 4.31. The Labute approximate surface area is 151 Å². The molecule has 0 aromatic heterocycles. The number of carbonyl (C=O) groups is 2. The van der Waals surface area contributed by atoms with Crippen LogP contribution in [0.3, 0.4) is 0 Å². The van der Waals surface area contributed by atoms with Crippen molar-refractivity contribution < 1.29 is 18.7 Å². The zero-order chi connectivity index (χ0) is 18.4. The van der Waals surface area contributed by atoms with Gasteiger partial charge in [0.25, 0.3) is 5.91 Å². The van der Waals surface area contributed by atoms with E-state index >= 15 is 0 Å². The first kappa shape index (κ1) is 17.9. The van der Waals surface area contributed by atoms with Crippen LogP contribution in [0.25, 0.3) is 0 Å². The second-order valence-corrected chi connectivity index (χ2v) is 6.20. The highest BCUT2D eigenvalue weighted by Gasteiger charge is 2.19. The first-order chi connectivity index (χ1) is 12.6. The predicted octanol–water partition coefficient (Wildman–Crippen LogP) is 3.74. The van der Waals surface area contributed by atoms with E-state index < -0.39 is 5.97 Å². The minimum Gasteiger partial charge on any atom is -0.452 e. The van der Waals surface area contributed by atoms with E-state index in [-0.39, 0.29) is 18.3 Å². The number of hydrogen-bond donors (Lipinski definition) is 1. The average molecular weight is 356 g/mol. The van der Waals surface area contributed by atoms with Gasteiger partial charge < -0.3 is 15.0 Å². The summed E-state index contributed by atoms with van der Waals surface area (Å²) >= 11 is 0. The highest BCUT2D eigenvalue weighted by molar-refractivity contribution is 5.97. The molecule has 26 heavy (non-hydrogen) atoms. The molecule has 0 bridgehead atoms. The van der Waals surface area contributed by atoms with Crippen molar-refractivity contribution in [3.63, 3.8) is 0 Å². The van der Waals surface area contributed by atoms with Gasteiger partial charge >= 0.3 is 5.97 Å². The molecule has 3 rings (SSSR count). The number of nitrogens with one attached hydrogen (secondary N) is 1. The number of ether oxygens (including phenoxy) is 1. The van der Waals surface area contributed by atoms with Crippen LogP contribution in [0.5, 0.6) is 0 Å². The molecule has 1 N–H and O–H groups in total. The first-order valence-electron chi connectivity index (χ1n) is 8.70. The van der Waals surface area contributed by atoms with Crippen LogP contribution in [0.4, 0.5) is 15.8 Å². The fourth-order valence-electron chi connectivity index (χ4n) is 2.90. The van der Waals surface area contributed by atoms with Crippen molar-refractivity contribution in [2.45, 2.75) is 19.3 Å². The quantitative estimate of drug-likeness (QED) is 0.829. The van der Waals surface area contributed by atoms with Crippen LogP contribution in [0.15, 0.2) is 48.5 Å². The Morgan fingerprint density at radius 2 is 1.69 bits per heavy atom. The normalized spacial score (nSPS) is 14.0. The number of carbonyl (C=O) groups excluding carboxylic acids is 2. The summed E-state index contributed by atoms with van der Waals surface area (Å²) in [5, 5.41) is 3.07. The van der Waals surface area contributed by atoms with Crippen LogP contribution in [-0.2, 0) is 9.53 Å². The van der Waals surface area contributed by atoms with Gasteiger partial charge in [-0.3, -0.25) is 4.79 Å². The minimum atomic E-state index is -0.569. The Balaban J connectivity index is 1.63. The number of hydrogen-bond acceptors (Lipinski definition) is 4. The maximum Gasteiger partial charge on any atom is 0.340 e. The van der Waals surface area contributed by atoms with E-state index in [4.69, 9.17) is 4.74 Å². The van der Waals surface area contributed by atoms with Crippen LogP contribution >= 0.6 is 0 Å². The fourth-order valence-corrected chi connectivity index (χ4v) is 2.90. The highest BCUT2D eigenvalue weighted by atomic mass is 19.1. The molecule has 5 nitrogen and oxygen atoms in total. The number of halogens is 1. The second-order valence-electron chi connectivity index (χ2n) is 6.20. The maximum absolute atomic E-state index is 13.0. The molecule has 1 heterocycles. The number of rotatable bonds is 5. The lowest BCUT2D eigenvalue weighted by atomic mass is 10.1. The van der Waals surface area contributed by atoms with Crippen molar-refractivity contribution >= 4 is 23.3 Å². The van der Waals surface area contributed by atoms with Gasteiger partial charge in [-0.1, -0.05) is 12.1 Å². The lowest BCUT2D eigenvalue weighted by Gasteiger charge is -2.26. The molecule has 6 heteroatoms. The number of para-hydroxylation sites is 1. The topological polar surface area (TPSA) is 58.6 Å². The number of amides is 1. The average Bonchev–Trinajstić information content (AvgIpc) is 2.68. The number of piperidine rings is 1. The number of esters is 1. The Kier molecular flexibility index (Phi) is 5.84. The van der Waals surface area contributed by atoms with Gasteiger partial charge in [-0.25, -0.2) is 9.18 Å². The molecule has 0 spiro atoms. The number of benzene rings is 2. The molecule has 1 aliphatic heterocycles.